The first-order chi connectivity index (χ1) is 12.3. The summed E-state index contributed by atoms with van der Waals surface area (Å²) in [6.45, 7) is 5.77. The molecule has 0 aromatic heterocycles. The van der Waals surface area contributed by atoms with Crippen LogP contribution < -0.4 is 10.6 Å². The molecule has 4 amide bonds. The molecule has 6 heteroatoms. The number of urea groups is 1. The molecule has 1 aromatic rings. The SMILES string of the molecule is C[C@H]1[C@H](C)CCC[C@@H]1NC(=O)CN1C(=O)N[C@](C)(c2ccccc2)C1=O. The predicted molar refractivity (Wildman–Crippen MR) is 98.1 cm³/mol. The zero-order valence-corrected chi connectivity index (χ0v) is 15.6. The molecule has 6 nitrogen and oxygen atoms in total. The van der Waals surface area contributed by atoms with Gasteiger partial charge in [0.05, 0.1) is 0 Å². The Hall–Kier alpha value is -2.37. The summed E-state index contributed by atoms with van der Waals surface area (Å²) in [4.78, 5) is 38.7. The molecule has 1 aliphatic heterocycles. The van der Waals surface area contributed by atoms with Crippen molar-refractivity contribution >= 4 is 17.8 Å². The van der Waals surface area contributed by atoms with Gasteiger partial charge in [-0.15, -0.1) is 0 Å². The van der Waals surface area contributed by atoms with E-state index in [0.717, 1.165) is 17.7 Å². The van der Waals surface area contributed by atoms with Gasteiger partial charge in [0.1, 0.15) is 12.1 Å². The highest BCUT2D eigenvalue weighted by molar-refractivity contribution is 6.09. The van der Waals surface area contributed by atoms with E-state index in [4.69, 9.17) is 0 Å². The van der Waals surface area contributed by atoms with E-state index in [0.29, 0.717) is 17.4 Å². The number of hydrogen-bond donors (Lipinski definition) is 2. The van der Waals surface area contributed by atoms with Crippen molar-refractivity contribution < 1.29 is 14.4 Å². The number of carbonyl (C=O) groups is 3. The zero-order valence-electron chi connectivity index (χ0n) is 15.6. The second-order valence-corrected chi connectivity index (χ2v) is 7.75. The molecular weight excluding hydrogens is 330 g/mol. The number of rotatable bonds is 4. The molecule has 4 atom stereocenters. The number of nitrogens with zero attached hydrogens (tertiary/aromatic N) is 1. The fraction of sp³-hybridized carbons (Fsp3) is 0.550. The fourth-order valence-corrected chi connectivity index (χ4v) is 3.99. The third kappa shape index (κ3) is 3.32. The number of imide groups is 1. The number of benzene rings is 1. The van der Waals surface area contributed by atoms with Gasteiger partial charge in [-0.05, 0) is 30.7 Å². The quantitative estimate of drug-likeness (QED) is 0.812. The molecule has 1 aromatic carbocycles. The Morgan fingerprint density at radius 3 is 2.62 bits per heavy atom. The van der Waals surface area contributed by atoms with Crippen molar-refractivity contribution in [3.63, 3.8) is 0 Å². The summed E-state index contributed by atoms with van der Waals surface area (Å²) in [5, 5.41) is 5.75. The van der Waals surface area contributed by atoms with E-state index in [-0.39, 0.29) is 18.5 Å². The van der Waals surface area contributed by atoms with Crippen molar-refractivity contribution in [1.82, 2.24) is 15.5 Å². The van der Waals surface area contributed by atoms with Gasteiger partial charge in [-0.3, -0.25) is 14.5 Å². The third-order valence-corrected chi connectivity index (χ3v) is 5.98. The topological polar surface area (TPSA) is 78.5 Å². The summed E-state index contributed by atoms with van der Waals surface area (Å²) >= 11 is 0. The first-order valence-corrected chi connectivity index (χ1v) is 9.32. The average Bonchev–Trinajstić information content (AvgIpc) is 2.84. The molecule has 0 radical (unpaired) electrons. The fourth-order valence-electron chi connectivity index (χ4n) is 3.99. The summed E-state index contributed by atoms with van der Waals surface area (Å²) < 4.78 is 0. The summed E-state index contributed by atoms with van der Waals surface area (Å²) in [6, 6.07) is 8.67. The van der Waals surface area contributed by atoms with Crippen molar-refractivity contribution in [3.8, 4) is 0 Å². The number of nitrogens with one attached hydrogen (secondary N) is 2. The van der Waals surface area contributed by atoms with Crippen LogP contribution >= 0.6 is 0 Å². The van der Waals surface area contributed by atoms with E-state index in [1.807, 2.05) is 18.2 Å². The maximum Gasteiger partial charge on any atom is 0.325 e. The van der Waals surface area contributed by atoms with E-state index in [9.17, 15) is 14.4 Å². The van der Waals surface area contributed by atoms with Gasteiger partial charge in [0.2, 0.25) is 5.91 Å². The highest BCUT2D eigenvalue weighted by Crippen LogP contribution is 2.30. The summed E-state index contributed by atoms with van der Waals surface area (Å²) in [5.41, 5.74) is -0.429. The lowest BCUT2D eigenvalue weighted by Gasteiger charge is -2.34. The standard InChI is InChI=1S/C20H27N3O3/c1-13-8-7-11-16(14(13)2)21-17(24)12-23-18(25)20(3,22-19(23)26)15-9-5-4-6-10-15/h4-6,9-10,13-14,16H,7-8,11-12H2,1-3H3,(H,21,24)(H,22,26)/t13-,14+,16+,20-/m1/s1. The Morgan fingerprint density at radius 1 is 1.23 bits per heavy atom. The van der Waals surface area contributed by atoms with Crippen LogP contribution in [0.4, 0.5) is 4.79 Å². The van der Waals surface area contributed by atoms with Crippen molar-refractivity contribution in [1.29, 1.82) is 0 Å². The predicted octanol–water partition coefficient (Wildman–Crippen LogP) is 2.39. The van der Waals surface area contributed by atoms with Crippen LogP contribution in [0.25, 0.3) is 0 Å². The first-order valence-electron chi connectivity index (χ1n) is 9.32. The highest BCUT2D eigenvalue weighted by atomic mass is 16.2. The highest BCUT2D eigenvalue weighted by Gasteiger charge is 2.49. The van der Waals surface area contributed by atoms with Crippen LogP contribution in [-0.4, -0.2) is 35.3 Å². The Labute approximate surface area is 154 Å². The van der Waals surface area contributed by atoms with Crippen LogP contribution in [0.1, 0.15) is 45.6 Å². The molecule has 1 aliphatic carbocycles. The van der Waals surface area contributed by atoms with Gasteiger partial charge in [-0.2, -0.15) is 0 Å². The number of carbonyl (C=O) groups excluding carboxylic acids is 3. The maximum absolute atomic E-state index is 12.8. The van der Waals surface area contributed by atoms with Gasteiger partial charge in [-0.1, -0.05) is 57.0 Å². The first kappa shape index (κ1) is 18.4. The molecule has 1 saturated heterocycles. The van der Waals surface area contributed by atoms with Crippen LogP contribution in [0.15, 0.2) is 30.3 Å². The molecular formula is C20H27N3O3. The molecule has 140 valence electrons. The van der Waals surface area contributed by atoms with Crippen molar-refractivity contribution in [2.24, 2.45) is 11.8 Å². The van der Waals surface area contributed by atoms with Crippen molar-refractivity contribution in [2.75, 3.05) is 6.54 Å². The third-order valence-electron chi connectivity index (χ3n) is 5.98. The second-order valence-electron chi connectivity index (χ2n) is 7.75. The van der Waals surface area contributed by atoms with Crippen LogP contribution in [0, 0.1) is 11.8 Å². The Bertz CT molecular complexity index is 706. The Morgan fingerprint density at radius 2 is 1.92 bits per heavy atom. The maximum atomic E-state index is 12.8. The molecule has 0 bridgehead atoms. The lowest BCUT2D eigenvalue weighted by Crippen LogP contribution is -2.48. The van der Waals surface area contributed by atoms with Gasteiger partial charge in [0.15, 0.2) is 0 Å². The van der Waals surface area contributed by atoms with Crippen molar-refractivity contribution in [2.45, 2.75) is 51.6 Å². The van der Waals surface area contributed by atoms with Gasteiger partial charge in [-0.25, -0.2) is 4.79 Å². The Kier molecular flexibility index (Phi) is 5.03. The van der Waals surface area contributed by atoms with Crippen LogP contribution in [0.2, 0.25) is 0 Å². The summed E-state index contributed by atoms with van der Waals surface area (Å²) in [5.74, 6) is 0.281. The normalized spacial score (nSPS) is 31.7. The zero-order chi connectivity index (χ0) is 18.9. The van der Waals surface area contributed by atoms with E-state index in [2.05, 4.69) is 24.5 Å². The molecule has 0 spiro atoms. The number of hydrogen-bond acceptors (Lipinski definition) is 3. The molecule has 2 N–H and O–H groups in total. The minimum Gasteiger partial charge on any atom is -0.352 e. The average molecular weight is 357 g/mol. The van der Waals surface area contributed by atoms with Crippen LogP contribution in [-0.2, 0) is 15.1 Å². The van der Waals surface area contributed by atoms with Gasteiger partial charge in [0.25, 0.3) is 5.91 Å². The molecule has 26 heavy (non-hydrogen) atoms. The van der Waals surface area contributed by atoms with Gasteiger partial charge >= 0.3 is 6.03 Å². The van der Waals surface area contributed by atoms with Crippen LogP contribution in [0.3, 0.4) is 0 Å². The molecule has 2 fully saturated rings. The van der Waals surface area contributed by atoms with E-state index < -0.39 is 17.5 Å². The minimum atomic E-state index is -1.13. The molecule has 1 heterocycles. The summed E-state index contributed by atoms with van der Waals surface area (Å²) in [6.07, 6.45) is 3.21. The van der Waals surface area contributed by atoms with E-state index in [1.54, 1.807) is 19.1 Å². The van der Waals surface area contributed by atoms with E-state index in [1.165, 1.54) is 6.42 Å². The molecule has 1 saturated carbocycles. The van der Waals surface area contributed by atoms with E-state index >= 15 is 0 Å². The largest absolute Gasteiger partial charge is 0.352 e. The lowest BCUT2D eigenvalue weighted by molar-refractivity contribution is -0.135. The van der Waals surface area contributed by atoms with Gasteiger partial charge < -0.3 is 10.6 Å². The van der Waals surface area contributed by atoms with Crippen molar-refractivity contribution in [3.05, 3.63) is 35.9 Å². The molecule has 2 aliphatic rings. The Balaban J connectivity index is 1.67. The molecule has 3 rings (SSSR count). The van der Waals surface area contributed by atoms with Crippen LogP contribution in [0.5, 0.6) is 0 Å². The lowest BCUT2D eigenvalue weighted by atomic mass is 9.78. The smallest absolute Gasteiger partial charge is 0.325 e. The number of amides is 4. The minimum absolute atomic E-state index is 0.104. The monoisotopic (exact) mass is 357 g/mol. The molecule has 0 unspecified atom stereocenters. The summed E-state index contributed by atoms with van der Waals surface area (Å²) in [7, 11) is 0. The second kappa shape index (κ2) is 7.09. The van der Waals surface area contributed by atoms with Gasteiger partial charge in [0, 0.05) is 6.04 Å².